The van der Waals surface area contributed by atoms with Crippen LogP contribution in [0.15, 0.2) is 12.1 Å². The maximum absolute atomic E-state index is 12.5. The third-order valence-corrected chi connectivity index (χ3v) is 6.96. The number of fused-ring (bicyclic) bond motifs is 3. The van der Waals surface area contributed by atoms with Crippen molar-refractivity contribution in [2.75, 3.05) is 13.7 Å². The Morgan fingerprint density at radius 1 is 1.36 bits per heavy atom. The van der Waals surface area contributed by atoms with Crippen LogP contribution in [0.5, 0.6) is 5.75 Å². The fourth-order valence-corrected chi connectivity index (χ4v) is 5.49. The average Bonchev–Trinajstić information content (AvgIpc) is 2.60. The molecule has 1 saturated carbocycles. The molecule has 1 fully saturated rings. The Balaban J connectivity index is 2.09. The van der Waals surface area contributed by atoms with E-state index >= 15 is 0 Å². The van der Waals surface area contributed by atoms with Gasteiger partial charge in [0.1, 0.15) is 5.75 Å². The van der Waals surface area contributed by atoms with Crippen LogP contribution in [0.3, 0.4) is 0 Å². The summed E-state index contributed by atoms with van der Waals surface area (Å²) in [6, 6.07) is 3.96. The Morgan fingerprint density at radius 3 is 2.72 bits per heavy atom. The highest BCUT2D eigenvalue weighted by molar-refractivity contribution is 5.77. The lowest BCUT2D eigenvalue weighted by Crippen LogP contribution is -2.52. The van der Waals surface area contributed by atoms with Crippen LogP contribution >= 0.6 is 0 Å². The molecule has 4 atom stereocenters. The van der Waals surface area contributed by atoms with E-state index in [0.29, 0.717) is 0 Å². The van der Waals surface area contributed by atoms with E-state index in [1.165, 1.54) is 18.2 Å². The summed E-state index contributed by atoms with van der Waals surface area (Å²) in [4.78, 5) is 12.5. The number of phenolic OH excluding ortho intramolecular Hbond substituents is 1. The summed E-state index contributed by atoms with van der Waals surface area (Å²) >= 11 is 0. The molecule has 0 aliphatic heterocycles. The number of aliphatic hydroxyl groups excluding tert-OH is 1. The molecule has 2 aliphatic rings. The number of carbonyl (C=O) groups is 1. The summed E-state index contributed by atoms with van der Waals surface area (Å²) in [5.74, 6) is 0.283. The molecule has 0 saturated heterocycles. The standard InChI is InChI=1S/C21H30O4/c1-13(12-22)15-10-14-6-7-18-20(2,16(14)11-17(15)23)8-5-9-21(18,3)19(24)25-4/h10-11,13,18,22-23H,5-9,12H2,1-4H3/t13-,18-,20-,21-/m1/s1. The fourth-order valence-electron chi connectivity index (χ4n) is 5.49. The first kappa shape index (κ1) is 18.2. The molecule has 0 unspecified atom stereocenters. The molecule has 2 N–H and O–H groups in total. The van der Waals surface area contributed by atoms with Crippen LogP contribution in [0.2, 0.25) is 0 Å². The van der Waals surface area contributed by atoms with Crippen molar-refractivity contribution in [2.45, 2.75) is 64.2 Å². The Morgan fingerprint density at radius 2 is 2.08 bits per heavy atom. The number of benzene rings is 1. The van der Waals surface area contributed by atoms with Gasteiger partial charge in [-0.3, -0.25) is 4.79 Å². The molecule has 0 bridgehead atoms. The maximum atomic E-state index is 12.5. The van der Waals surface area contributed by atoms with Gasteiger partial charge < -0.3 is 14.9 Å². The molecule has 1 aromatic carbocycles. The number of hydrogen-bond donors (Lipinski definition) is 2. The number of ether oxygens (including phenoxy) is 1. The summed E-state index contributed by atoms with van der Waals surface area (Å²) in [5.41, 5.74) is 2.64. The van der Waals surface area contributed by atoms with E-state index in [1.54, 1.807) is 0 Å². The van der Waals surface area contributed by atoms with Crippen molar-refractivity contribution in [1.29, 1.82) is 0 Å². The second-order valence-electron chi connectivity index (χ2n) is 8.42. The van der Waals surface area contributed by atoms with Gasteiger partial charge in [-0.1, -0.05) is 26.3 Å². The topological polar surface area (TPSA) is 66.8 Å². The molecule has 25 heavy (non-hydrogen) atoms. The highest BCUT2D eigenvalue weighted by Gasteiger charge is 2.55. The molecule has 138 valence electrons. The molecule has 0 aromatic heterocycles. The lowest BCUT2D eigenvalue weighted by Gasteiger charge is -2.54. The van der Waals surface area contributed by atoms with Gasteiger partial charge in [0.2, 0.25) is 0 Å². The largest absolute Gasteiger partial charge is 0.508 e. The van der Waals surface area contributed by atoms with Gasteiger partial charge in [0.25, 0.3) is 0 Å². The van der Waals surface area contributed by atoms with Crippen LogP contribution in [0.25, 0.3) is 0 Å². The van der Waals surface area contributed by atoms with Gasteiger partial charge in [0.15, 0.2) is 0 Å². The van der Waals surface area contributed by atoms with Crippen molar-refractivity contribution in [3.8, 4) is 5.75 Å². The first-order valence-corrected chi connectivity index (χ1v) is 9.33. The number of aryl methyl sites for hydroxylation is 1. The van der Waals surface area contributed by atoms with Crippen molar-refractivity contribution in [3.63, 3.8) is 0 Å². The van der Waals surface area contributed by atoms with E-state index in [2.05, 4.69) is 13.0 Å². The minimum absolute atomic E-state index is 0.0205. The summed E-state index contributed by atoms with van der Waals surface area (Å²) in [5, 5.41) is 20.0. The number of methoxy groups -OCH3 is 1. The van der Waals surface area contributed by atoms with Crippen LogP contribution in [0.1, 0.15) is 69.1 Å². The number of hydrogen-bond acceptors (Lipinski definition) is 4. The Bertz CT molecular complexity index is 683. The number of aliphatic hydroxyl groups is 1. The van der Waals surface area contributed by atoms with E-state index in [1.807, 2.05) is 19.9 Å². The molecular weight excluding hydrogens is 316 g/mol. The summed E-state index contributed by atoms with van der Waals surface area (Å²) in [6.45, 7) is 6.23. The highest BCUT2D eigenvalue weighted by Crippen LogP contribution is 2.58. The van der Waals surface area contributed by atoms with Crippen LogP contribution in [0.4, 0.5) is 0 Å². The number of aromatic hydroxyl groups is 1. The third-order valence-electron chi connectivity index (χ3n) is 6.96. The summed E-state index contributed by atoms with van der Waals surface area (Å²) in [7, 11) is 1.48. The van der Waals surface area contributed by atoms with Gasteiger partial charge in [-0.05, 0) is 66.7 Å². The molecule has 0 spiro atoms. The zero-order valence-corrected chi connectivity index (χ0v) is 15.8. The lowest BCUT2D eigenvalue weighted by molar-refractivity contribution is -0.161. The molecule has 0 radical (unpaired) electrons. The number of rotatable bonds is 3. The van der Waals surface area contributed by atoms with Gasteiger partial charge in [0, 0.05) is 12.5 Å². The predicted octanol–water partition coefficient (Wildman–Crippen LogP) is 3.67. The van der Waals surface area contributed by atoms with Crippen LogP contribution in [-0.4, -0.2) is 29.9 Å². The van der Waals surface area contributed by atoms with E-state index in [-0.39, 0.29) is 35.6 Å². The van der Waals surface area contributed by atoms with E-state index in [4.69, 9.17) is 4.74 Å². The minimum atomic E-state index is -0.466. The zero-order valence-electron chi connectivity index (χ0n) is 15.8. The molecule has 4 heteroatoms. The summed E-state index contributed by atoms with van der Waals surface area (Å²) < 4.78 is 5.15. The van der Waals surface area contributed by atoms with Crippen molar-refractivity contribution in [3.05, 3.63) is 28.8 Å². The fraction of sp³-hybridized carbons (Fsp3) is 0.667. The SMILES string of the molecule is COC(=O)[C@]1(C)CCC[C@]2(C)c3cc(O)c([C@H](C)CO)cc3CC[C@@H]12. The van der Waals surface area contributed by atoms with Crippen molar-refractivity contribution in [1.82, 2.24) is 0 Å². The Labute approximate surface area is 150 Å². The number of carbonyl (C=O) groups excluding carboxylic acids is 1. The first-order valence-electron chi connectivity index (χ1n) is 9.33. The third kappa shape index (κ3) is 2.66. The van der Waals surface area contributed by atoms with Crippen LogP contribution in [-0.2, 0) is 21.4 Å². The Hall–Kier alpha value is -1.55. The summed E-state index contributed by atoms with van der Waals surface area (Å²) in [6.07, 6.45) is 4.71. The van der Waals surface area contributed by atoms with Crippen molar-refractivity contribution in [2.24, 2.45) is 11.3 Å². The zero-order chi connectivity index (χ0) is 18.4. The normalized spacial score (nSPS) is 32.4. The monoisotopic (exact) mass is 346 g/mol. The molecule has 3 rings (SSSR count). The number of esters is 1. The average molecular weight is 346 g/mol. The Kier molecular flexibility index (Phi) is 4.61. The van der Waals surface area contributed by atoms with Gasteiger partial charge in [0.05, 0.1) is 12.5 Å². The second-order valence-corrected chi connectivity index (χ2v) is 8.42. The maximum Gasteiger partial charge on any atom is 0.311 e. The van der Waals surface area contributed by atoms with Crippen LogP contribution < -0.4 is 0 Å². The quantitative estimate of drug-likeness (QED) is 0.820. The predicted molar refractivity (Wildman–Crippen MR) is 96.7 cm³/mol. The number of phenols is 1. The minimum Gasteiger partial charge on any atom is -0.508 e. The first-order chi connectivity index (χ1) is 11.8. The van der Waals surface area contributed by atoms with Crippen molar-refractivity contribution >= 4 is 5.97 Å². The van der Waals surface area contributed by atoms with Crippen LogP contribution in [0, 0.1) is 11.3 Å². The lowest BCUT2D eigenvalue weighted by atomic mass is 9.49. The van der Waals surface area contributed by atoms with E-state index in [0.717, 1.165) is 37.7 Å². The van der Waals surface area contributed by atoms with Gasteiger partial charge in [-0.2, -0.15) is 0 Å². The molecule has 4 nitrogen and oxygen atoms in total. The molecule has 1 aromatic rings. The molecule has 0 heterocycles. The molecule has 0 amide bonds. The van der Waals surface area contributed by atoms with Gasteiger partial charge >= 0.3 is 5.97 Å². The second kappa shape index (κ2) is 6.31. The molecule has 2 aliphatic carbocycles. The van der Waals surface area contributed by atoms with Gasteiger partial charge in [-0.25, -0.2) is 0 Å². The van der Waals surface area contributed by atoms with E-state index in [9.17, 15) is 15.0 Å². The smallest absolute Gasteiger partial charge is 0.311 e. The molecular formula is C21H30O4. The van der Waals surface area contributed by atoms with Gasteiger partial charge in [-0.15, -0.1) is 0 Å². The highest BCUT2D eigenvalue weighted by atomic mass is 16.5. The van der Waals surface area contributed by atoms with Crippen molar-refractivity contribution < 1.29 is 19.7 Å². The van der Waals surface area contributed by atoms with E-state index < -0.39 is 5.41 Å².